The molecule has 2 amide bonds. The number of ether oxygens (including phenoxy) is 1. The minimum absolute atomic E-state index is 0.0120. The van der Waals surface area contributed by atoms with Gasteiger partial charge in [0.1, 0.15) is 6.61 Å². The summed E-state index contributed by atoms with van der Waals surface area (Å²) in [7, 11) is 0. The molecule has 0 radical (unpaired) electrons. The lowest BCUT2D eigenvalue weighted by atomic mass is 10.1. The number of non-ortho nitro benzene ring substituents is 1. The first-order valence-electron chi connectivity index (χ1n) is 6.03. The van der Waals surface area contributed by atoms with E-state index in [2.05, 4.69) is 10.2 Å². The van der Waals surface area contributed by atoms with Gasteiger partial charge in [0.05, 0.1) is 11.5 Å². The van der Waals surface area contributed by atoms with Crippen molar-refractivity contribution in [2.75, 3.05) is 13.2 Å². The highest BCUT2D eigenvalue weighted by Crippen LogP contribution is 2.13. The van der Waals surface area contributed by atoms with Crippen LogP contribution in [0.25, 0.3) is 0 Å². The van der Waals surface area contributed by atoms with Crippen molar-refractivity contribution < 1.29 is 19.2 Å². The van der Waals surface area contributed by atoms with E-state index in [0.717, 1.165) is 10.6 Å². The Morgan fingerprint density at radius 2 is 2.10 bits per heavy atom. The fourth-order valence-electron chi connectivity index (χ4n) is 1.74. The van der Waals surface area contributed by atoms with Gasteiger partial charge < -0.3 is 4.74 Å². The molecule has 0 saturated carbocycles. The summed E-state index contributed by atoms with van der Waals surface area (Å²) in [4.78, 5) is 32.8. The molecular formula is C12H13N3O5. The summed E-state index contributed by atoms with van der Waals surface area (Å²) >= 11 is 0. The summed E-state index contributed by atoms with van der Waals surface area (Å²) in [6, 6.07) is 6.00. The summed E-state index contributed by atoms with van der Waals surface area (Å²) in [6.45, 7) is 0.601. The number of aryl methyl sites for hydroxylation is 1. The molecule has 8 heteroatoms. The monoisotopic (exact) mass is 279 g/mol. The number of nitro benzene ring substituents is 1. The molecule has 1 N–H and O–H groups in total. The van der Waals surface area contributed by atoms with Gasteiger partial charge >= 0.3 is 6.09 Å². The number of amides is 2. The molecule has 1 aromatic carbocycles. The first kappa shape index (κ1) is 13.8. The SMILES string of the molecule is O=C(CCc1ccc([N+](=O)[O-])cc1)NN1CCOC1=O. The Bertz CT molecular complexity index is 528. The Morgan fingerprint density at radius 3 is 2.65 bits per heavy atom. The van der Waals surface area contributed by atoms with E-state index < -0.39 is 11.0 Å². The summed E-state index contributed by atoms with van der Waals surface area (Å²) in [5.74, 6) is -0.304. The van der Waals surface area contributed by atoms with Crippen molar-refractivity contribution in [1.82, 2.24) is 10.4 Å². The summed E-state index contributed by atoms with van der Waals surface area (Å²) in [6.07, 6.45) is 0.0579. The quantitative estimate of drug-likeness (QED) is 0.640. The van der Waals surface area contributed by atoms with Gasteiger partial charge in [-0.25, -0.2) is 9.80 Å². The van der Waals surface area contributed by atoms with Crippen LogP contribution in [0.4, 0.5) is 10.5 Å². The molecule has 1 aliphatic rings. The van der Waals surface area contributed by atoms with Crippen molar-refractivity contribution in [1.29, 1.82) is 0 Å². The molecule has 106 valence electrons. The highest BCUT2D eigenvalue weighted by atomic mass is 16.6. The van der Waals surface area contributed by atoms with Gasteiger partial charge in [0, 0.05) is 18.6 Å². The number of nitro groups is 1. The van der Waals surface area contributed by atoms with Crippen LogP contribution in [0.5, 0.6) is 0 Å². The van der Waals surface area contributed by atoms with E-state index in [1.165, 1.54) is 12.1 Å². The third-order valence-corrected chi connectivity index (χ3v) is 2.81. The third-order valence-electron chi connectivity index (χ3n) is 2.81. The molecule has 8 nitrogen and oxygen atoms in total. The van der Waals surface area contributed by atoms with Gasteiger partial charge in [0.15, 0.2) is 0 Å². The van der Waals surface area contributed by atoms with Crippen LogP contribution >= 0.6 is 0 Å². The van der Waals surface area contributed by atoms with Crippen molar-refractivity contribution in [3.05, 3.63) is 39.9 Å². The Hall–Kier alpha value is -2.64. The van der Waals surface area contributed by atoms with Gasteiger partial charge in [-0.1, -0.05) is 12.1 Å². The zero-order valence-corrected chi connectivity index (χ0v) is 10.6. The van der Waals surface area contributed by atoms with Crippen LogP contribution in [-0.4, -0.2) is 35.1 Å². The fraction of sp³-hybridized carbons (Fsp3) is 0.333. The summed E-state index contributed by atoms with van der Waals surface area (Å²) in [5, 5.41) is 11.6. The molecule has 0 bridgehead atoms. The third kappa shape index (κ3) is 3.44. The molecule has 1 heterocycles. The standard InChI is InChI=1S/C12H13N3O5/c16-11(13-14-7-8-20-12(14)17)6-3-9-1-4-10(5-2-9)15(18)19/h1-2,4-5H,3,6-8H2,(H,13,16). The van der Waals surface area contributed by atoms with E-state index in [1.807, 2.05) is 0 Å². The van der Waals surface area contributed by atoms with E-state index in [1.54, 1.807) is 12.1 Å². The van der Waals surface area contributed by atoms with Gasteiger partial charge in [-0.15, -0.1) is 0 Å². The molecule has 0 atom stereocenters. The molecule has 20 heavy (non-hydrogen) atoms. The molecule has 0 aliphatic carbocycles. The maximum atomic E-state index is 11.6. The average Bonchev–Trinajstić information content (AvgIpc) is 2.82. The van der Waals surface area contributed by atoms with E-state index in [4.69, 9.17) is 0 Å². The first-order chi connectivity index (χ1) is 9.56. The van der Waals surface area contributed by atoms with Crippen LogP contribution in [0, 0.1) is 10.1 Å². The van der Waals surface area contributed by atoms with Crippen LogP contribution in [-0.2, 0) is 16.0 Å². The predicted molar refractivity (Wildman–Crippen MR) is 67.6 cm³/mol. The Balaban J connectivity index is 1.81. The normalized spacial score (nSPS) is 14.0. The van der Waals surface area contributed by atoms with Crippen LogP contribution in [0.3, 0.4) is 0 Å². The highest BCUT2D eigenvalue weighted by molar-refractivity contribution is 5.79. The molecule has 1 fully saturated rings. The minimum atomic E-state index is -0.561. The number of benzene rings is 1. The van der Waals surface area contributed by atoms with Crippen molar-refractivity contribution in [3.63, 3.8) is 0 Å². The van der Waals surface area contributed by atoms with Crippen LogP contribution in [0.1, 0.15) is 12.0 Å². The van der Waals surface area contributed by atoms with Crippen LogP contribution in [0.2, 0.25) is 0 Å². The van der Waals surface area contributed by atoms with Crippen LogP contribution in [0.15, 0.2) is 24.3 Å². The molecular weight excluding hydrogens is 266 g/mol. The molecule has 1 aliphatic heterocycles. The molecule has 1 saturated heterocycles. The van der Waals surface area contributed by atoms with E-state index in [9.17, 15) is 19.7 Å². The molecule has 1 aromatic rings. The van der Waals surface area contributed by atoms with Crippen molar-refractivity contribution in [2.45, 2.75) is 12.8 Å². The van der Waals surface area contributed by atoms with Crippen molar-refractivity contribution in [3.8, 4) is 0 Å². The second-order valence-electron chi connectivity index (χ2n) is 4.22. The average molecular weight is 279 g/mol. The number of cyclic esters (lactones) is 1. The van der Waals surface area contributed by atoms with Crippen molar-refractivity contribution in [2.24, 2.45) is 0 Å². The van der Waals surface area contributed by atoms with Gasteiger partial charge in [-0.2, -0.15) is 0 Å². The highest BCUT2D eigenvalue weighted by Gasteiger charge is 2.23. The molecule has 0 aromatic heterocycles. The largest absolute Gasteiger partial charge is 0.446 e. The van der Waals surface area contributed by atoms with Gasteiger partial charge in [-0.05, 0) is 12.0 Å². The Morgan fingerprint density at radius 1 is 1.40 bits per heavy atom. The zero-order valence-electron chi connectivity index (χ0n) is 10.6. The number of carbonyl (C=O) groups is 2. The summed E-state index contributed by atoms with van der Waals surface area (Å²) in [5.41, 5.74) is 3.27. The fourth-order valence-corrected chi connectivity index (χ4v) is 1.74. The molecule has 0 unspecified atom stereocenters. The van der Waals surface area contributed by atoms with Gasteiger partial charge in [0.2, 0.25) is 5.91 Å². The second kappa shape index (κ2) is 6.00. The topological polar surface area (TPSA) is 102 Å². The maximum Gasteiger partial charge on any atom is 0.428 e. The van der Waals surface area contributed by atoms with Gasteiger partial charge in [0.25, 0.3) is 5.69 Å². The number of hydrogen-bond acceptors (Lipinski definition) is 5. The number of nitrogens with one attached hydrogen (secondary N) is 1. The van der Waals surface area contributed by atoms with E-state index in [-0.39, 0.29) is 24.6 Å². The molecule has 0 spiro atoms. The lowest BCUT2D eigenvalue weighted by Gasteiger charge is -2.13. The van der Waals surface area contributed by atoms with E-state index in [0.29, 0.717) is 13.0 Å². The number of nitrogens with zero attached hydrogens (tertiary/aromatic N) is 2. The number of hydrogen-bond donors (Lipinski definition) is 1. The van der Waals surface area contributed by atoms with Crippen molar-refractivity contribution >= 4 is 17.7 Å². The number of hydrazine groups is 1. The smallest absolute Gasteiger partial charge is 0.428 e. The molecule has 2 rings (SSSR count). The second-order valence-corrected chi connectivity index (χ2v) is 4.22. The predicted octanol–water partition coefficient (Wildman–Crippen LogP) is 1.01. The van der Waals surface area contributed by atoms with E-state index >= 15 is 0 Å². The van der Waals surface area contributed by atoms with Gasteiger partial charge in [-0.3, -0.25) is 20.3 Å². The zero-order chi connectivity index (χ0) is 14.5. The maximum absolute atomic E-state index is 11.6. The number of carbonyl (C=O) groups excluding carboxylic acids is 2. The lowest BCUT2D eigenvalue weighted by Crippen LogP contribution is -2.42. The number of rotatable bonds is 5. The Kier molecular flexibility index (Phi) is 4.14. The first-order valence-corrected chi connectivity index (χ1v) is 6.03. The lowest BCUT2D eigenvalue weighted by molar-refractivity contribution is -0.384. The minimum Gasteiger partial charge on any atom is -0.446 e. The summed E-state index contributed by atoms with van der Waals surface area (Å²) < 4.78 is 4.67. The Labute approximate surface area is 114 Å². The van der Waals surface area contributed by atoms with Crippen LogP contribution < -0.4 is 5.43 Å².